The lowest BCUT2D eigenvalue weighted by molar-refractivity contribution is 0.748. The molecule has 0 saturated carbocycles. The largest absolute Gasteiger partial charge is 0.106 e. The number of benzene rings is 1. The summed E-state index contributed by atoms with van der Waals surface area (Å²) in [7, 11) is 0. The van der Waals surface area contributed by atoms with Gasteiger partial charge in [0.15, 0.2) is 0 Å². The fourth-order valence-corrected chi connectivity index (χ4v) is 1.69. The predicted molar refractivity (Wildman–Crippen MR) is 66.8 cm³/mol. The fraction of sp³-hybridized carbons (Fsp3) is 0.467. The molecule has 0 fully saturated rings. The van der Waals surface area contributed by atoms with Gasteiger partial charge in [-0.15, -0.1) is 11.8 Å². The molecule has 0 aliphatic heterocycles. The van der Waals surface area contributed by atoms with Gasteiger partial charge in [0.05, 0.1) is 0 Å². The van der Waals surface area contributed by atoms with Gasteiger partial charge in [-0.2, -0.15) is 0 Å². The van der Waals surface area contributed by atoms with E-state index in [4.69, 9.17) is 0 Å². The predicted octanol–water partition coefficient (Wildman–Crippen LogP) is 4.01. The molecule has 0 aromatic heterocycles. The first-order valence-electron chi connectivity index (χ1n) is 5.64. The van der Waals surface area contributed by atoms with E-state index in [1.807, 2.05) is 6.92 Å². The lowest BCUT2D eigenvalue weighted by atomic mass is 9.97. The van der Waals surface area contributed by atoms with Crippen LogP contribution < -0.4 is 0 Å². The van der Waals surface area contributed by atoms with Crippen molar-refractivity contribution in [3.05, 3.63) is 35.4 Å². The highest BCUT2D eigenvalue weighted by Gasteiger charge is 2.01. The van der Waals surface area contributed by atoms with E-state index in [1.54, 1.807) is 0 Å². The molecule has 0 heteroatoms. The Hall–Kier alpha value is -1.22. The lowest BCUT2D eigenvalue weighted by Gasteiger charge is -2.08. The molecule has 0 heterocycles. The van der Waals surface area contributed by atoms with Crippen LogP contribution in [0.1, 0.15) is 44.7 Å². The zero-order valence-corrected chi connectivity index (χ0v) is 10.2. The molecule has 0 aliphatic carbocycles. The Balaban J connectivity index is 2.67. The highest BCUT2D eigenvalue weighted by atomic mass is 14.1. The normalized spacial score (nSPS) is 12.1. The van der Waals surface area contributed by atoms with Gasteiger partial charge in [0.25, 0.3) is 0 Å². The van der Waals surface area contributed by atoms with Crippen LogP contribution in [0.3, 0.4) is 0 Å². The molecule has 0 radical (unpaired) electrons. The van der Waals surface area contributed by atoms with Crippen molar-refractivity contribution in [3.8, 4) is 11.8 Å². The molecule has 0 spiro atoms. The first-order valence-corrected chi connectivity index (χ1v) is 5.64. The van der Waals surface area contributed by atoms with Gasteiger partial charge < -0.3 is 0 Å². The Labute approximate surface area is 93.7 Å². The van der Waals surface area contributed by atoms with Crippen LogP contribution in [0.4, 0.5) is 0 Å². The SMILES string of the molecule is CC#CC(C)Cc1ccc(C(C)C)cc1. The summed E-state index contributed by atoms with van der Waals surface area (Å²) in [4.78, 5) is 0. The van der Waals surface area contributed by atoms with Crippen LogP contribution in [0.15, 0.2) is 24.3 Å². The Morgan fingerprint density at radius 2 is 1.67 bits per heavy atom. The third kappa shape index (κ3) is 3.80. The molecule has 15 heavy (non-hydrogen) atoms. The molecule has 1 unspecified atom stereocenters. The standard InChI is InChI=1S/C15H20/c1-5-6-13(4)11-14-7-9-15(10-8-14)12(2)3/h7-10,12-13H,11H2,1-4H3. The van der Waals surface area contributed by atoms with Crippen LogP contribution in [-0.2, 0) is 6.42 Å². The molecule has 0 N–H and O–H groups in total. The smallest absolute Gasteiger partial charge is 0.0214 e. The summed E-state index contributed by atoms with van der Waals surface area (Å²) < 4.78 is 0. The Kier molecular flexibility index (Phi) is 4.43. The highest BCUT2D eigenvalue weighted by Crippen LogP contribution is 2.16. The van der Waals surface area contributed by atoms with E-state index in [1.165, 1.54) is 11.1 Å². The van der Waals surface area contributed by atoms with E-state index in [0.29, 0.717) is 11.8 Å². The summed E-state index contributed by atoms with van der Waals surface area (Å²) >= 11 is 0. The zero-order valence-electron chi connectivity index (χ0n) is 10.2. The van der Waals surface area contributed by atoms with Crippen LogP contribution >= 0.6 is 0 Å². The number of rotatable bonds is 3. The maximum Gasteiger partial charge on any atom is 0.0214 e. The van der Waals surface area contributed by atoms with E-state index < -0.39 is 0 Å². The first kappa shape index (κ1) is 11.9. The molecule has 0 amide bonds. The van der Waals surface area contributed by atoms with E-state index in [0.717, 1.165) is 6.42 Å². The van der Waals surface area contributed by atoms with Crippen LogP contribution in [0, 0.1) is 17.8 Å². The summed E-state index contributed by atoms with van der Waals surface area (Å²) in [6.45, 7) is 8.52. The maximum atomic E-state index is 3.18. The third-order valence-corrected chi connectivity index (χ3v) is 2.58. The summed E-state index contributed by atoms with van der Waals surface area (Å²) in [5.74, 6) is 7.22. The van der Waals surface area contributed by atoms with Gasteiger partial charge in [0.1, 0.15) is 0 Å². The van der Waals surface area contributed by atoms with Crippen molar-refractivity contribution in [2.45, 2.75) is 40.0 Å². The molecular formula is C15H20. The van der Waals surface area contributed by atoms with Crippen molar-refractivity contribution in [1.29, 1.82) is 0 Å². The third-order valence-electron chi connectivity index (χ3n) is 2.58. The van der Waals surface area contributed by atoms with Gasteiger partial charge in [-0.05, 0) is 30.4 Å². The van der Waals surface area contributed by atoms with Crippen molar-refractivity contribution >= 4 is 0 Å². The van der Waals surface area contributed by atoms with Gasteiger partial charge in [-0.25, -0.2) is 0 Å². The van der Waals surface area contributed by atoms with Crippen molar-refractivity contribution < 1.29 is 0 Å². The molecule has 1 atom stereocenters. The molecule has 0 bridgehead atoms. The first-order chi connectivity index (χ1) is 7.13. The van der Waals surface area contributed by atoms with Crippen molar-refractivity contribution in [2.24, 2.45) is 5.92 Å². The van der Waals surface area contributed by atoms with Crippen molar-refractivity contribution in [1.82, 2.24) is 0 Å². The van der Waals surface area contributed by atoms with Crippen LogP contribution in [-0.4, -0.2) is 0 Å². The van der Waals surface area contributed by atoms with Gasteiger partial charge in [0.2, 0.25) is 0 Å². The minimum Gasteiger partial charge on any atom is -0.106 e. The van der Waals surface area contributed by atoms with E-state index >= 15 is 0 Å². The monoisotopic (exact) mass is 200 g/mol. The average molecular weight is 200 g/mol. The minimum atomic E-state index is 0.458. The second-order valence-electron chi connectivity index (χ2n) is 4.40. The maximum absolute atomic E-state index is 3.18. The summed E-state index contributed by atoms with van der Waals surface area (Å²) in [5, 5.41) is 0. The Morgan fingerprint density at radius 3 is 2.13 bits per heavy atom. The van der Waals surface area contributed by atoms with Gasteiger partial charge in [-0.3, -0.25) is 0 Å². The summed E-state index contributed by atoms with van der Waals surface area (Å²) in [5.41, 5.74) is 2.79. The highest BCUT2D eigenvalue weighted by molar-refractivity contribution is 5.25. The quantitative estimate of drug-likeness (QED) is 0.647. The average Bonchev–Trinajstić information content (AvgIpc) is 2.18. The molecule has 1 rings (SSSR count). The minimum absolute atomic E-state index is 0.458. The molecular weight excluding hydrogens is 180 g/mol. The van der Waals surface area contributed by atoms with Crippen molar-refractivity contribution in [3.63, 3.8) is 0 Å². The second-order valence-corrected chi connectivity index (χ2v) is 4.40. The van der Waals surface area contributed by atoms with Crippen molar-refractivity contribution in [2.75, 3.05) is 0 Å². The van der Waals surface area contributed by atoms with Gasteiger partial charge in [0, 0.05) is 5.92 Å². The number of hydrogen-bond donors (Lipinski definition) is 0. The lowest BCUT2D eigenvalue weighted by Crippen LogP contribution is -1.97. The topological polar surface area (TPSA) is 0 Å². The summed E-state index contributed by atoms with van der Waals surface area (Å²) in [6, 6.07) is 8.91. The van der Waals surface area contributed by atoms with E-state index in [2.05, 4.69) is 56.9 Å². The fourth-order valence-electron chi connectivity index (χ4n) is 1.69. The van der Waals surface area contributed by atoms with E-state index in [-0.39, 0.29) is 0 Å². The molecule has 0 nitrogen and oxygen atoms in total. The van der Waals surface area contributed by atoms with E-state index in [9.17, 15) is 0 Å². The Morgan fingerprint density at radius 1 is 1.07 bits per heavy atom. The molecule has 1 aromatic carbocycles. The van der Waals surface area contributed by atoms with Gasteiger partial charge in [-0.1, -0.05) is 45.0 Å². The number of hydrogen-bond acceptors (Lipinski definition) is 0. The summed E-state index contributed by atoms with van der Waals surface area (Å²) in [6.07, 6.45) is 1.05. The van der Waals surface area contributed by atoms with Crippen LogP contribution in [0.2, 0.25) is 0 Å². The molecule has 1 aromatic rings. The molecule has 0 saturated heterocycles. The Bertz CT molecular complexity index is 346. The van der Waals surface area contributed by atoms with Gasteiger partial charge >= 0.3 is 0 Å². The second kappa shape index (κ2) is 5.61. The van der Waals surface area contributed by atoms with Crippen LogP contribution in [0.5, 0.6) is 0 Å². The van der Waals surface area contributed by atoms with Crippen LogP contribution in [0.25, 0.3) is 0 Å². The molecule has 80 valence electrons. The zero-order chi connectivity index (χ0) is 11.3. The molecule has 0 aliphatic rings.